The van der Waals surface area contributed by atoms with Gasteiger partial charge in [-0.15, -0.1) is 0 Å². The van der Waals surface area contributed by atoms with E-state index in [0.717, 1.165) is 18.7 Å². The lowest BCUT2D eigenvalue weighted by Crippen LogP contribution is -2.23. The lowest BCUT2D eigenvalue weighted by Gasteiger charge is -2.22. The van der Waals surface area contributed by atoms with Crippen LogP contribution in [0.3, 0.4) is 0 Å². The number of rotatable bonds is 5. The van der Waals surface area contributed by atoms with Crippen molar-refractivity contribution in [2.45, 2.75) is 52.7 Å². The van der Waals surface area contributed by atoms with Gasteiger partial charge in [-0.3, -0.25) is 0 Å². The minimum atomic E-state index is -0.131. The van der Waals surface area contributed by atoms with Gasteiger partial charge < -0.3 is 10.1 Å². The smallest absolute Gasteiger partial charge is 0.120 e. The molecular weight excluding hydrogens is 210 g/mol. The lowest BCUT2D eigenvalue weighted by molar-refractivity contribution is 0.131. The van der Waals surface area contributed by atoms with Gasteiger partial charge in [-0.05, 0) is 58.4 Å². The Morgan fingerprint density at radius 1 is 1.18 bits per heavy atom. The van der Waals surface area contributed by atoms with Crippen LogP contribution in [0.1, 0.15) is 52.6 Å². The molecule has 0 bridgehead atoms. The van der Waals surface area contributed by atoms with Crippen LogP contribution in [0, 0.1) is 0 Å². The van der Waals surface area contributed by atoms with Crippen LogP contribution < -0.4 is 10.1 Å². The third-order valence-electron chi connectivity index (χ3n) is 2.50. The fourth-order valence-corrected chi connectivity index (χ4v) is 1.66. The second-order valence-electron chi connectivity index (χ2n) is 5.46. The van der Waals surface area contributed by atoms with Crippen LogP contribution in [0.5, 0.6) is 5.75 Å². The fourth-order valence-electron chi connectivity index (χ4n) is 1.66. The molecule has 1 atom stereocenters. The quantitative estimate of drug-likeness (QED) is 0.835. The summed E-state index contributed by atoms with van der Waals surface area (Å²) < 4.78 is 5.80. The van der Waals surface area contributed by atoms with Gasteiger partial charge in [0.05, 0.1) is 0 Å². The van der Waals surface area contributed by atoms with Gasteiger partial charge in [0.15, 0.2) is 0 Å². The molecule has 1 rings (SSSR count). The van der Waals surface area contributed by atoms with Crippen LogP contribution in [0.2, 0.25) is 0 Å². The van der Waals surface area contributed by atoms with Crippen molar-refractivity contribution < 1.29 is 4.74 Å². The summed E-state index contributed by atoms with van der Waals surface area (Å²) in [7, 11) is 0. The summed E-state index contributed by atoms with van der Waals surface area (Å²) in [6, 6.07) is 8.76. The lowest BCUT2D eigenvalue weighted by atomic mass is 10.1. The molecule has 17 heavy (non-hydrogen) atoms. The van der Waals surface area contributed by atoms with Crippen molar-refractivity contribution in [2.24, 2.45) is 0 Å². The fraction of sp³-hybridized carbons (Fsp3) is 0.600. The van der Waals surface area contributed by atoms with Gasteiger partial charge in [0, 0.05) is 6.04 Å². The van der Waals surface area contributed by atoms with Crippen molar-refractivity contribution in [1.82, 2.24) is 5.32 Å². The molecule has 0 aliphatic carbocycles. The van der Waals surface area contributed by atoms with Crippen LogP contribution in [0.4, 0.5) is 0 Å². The highest BCUT2D eigenvalue weighted by atomic mass is 16.5. The third-order valence-corrected chi connectivity index (χ3v) is 2.50. The highest BCUT2D eigenvalue weighted by molar-refractivity contribution is 5.29. The van der Waals surface area contributed by atoms with Crippen LogP contribution in [0.15, 0.2) is 24.3 Å². The maximum Gasteiger partial charge on any atom is 0.120 e. The van der Waals surface area contributed by atoms with E-state index in [1.807, 2.05) is 12.1 Å². The SMILES string of the molecule is CCCNC(C)c1ccc(OC(C)(C)C)cc1. The number of hydrogen-bond acceptors (Lipinski definition) is 2. The molecule has 0 aromatic heterocycles. The van der Waals surface area contributed by atoms with Gasteiger partial charge in [-0.25, -0.2) is 0 Å². The summed E-state index contributed by atoms with van der Waals surface area (Å²) in [5, 5.41) is 3.48. The Hall–Kier alpha value is -1.02. The first-order chi connectivity index (χ1) is 7.92. The van der Waals surface area contributed by atoms with Crippen LogP contribution in [0.25, 0.3) is 0 Å². The van der Waals surface area contributed by atoms with Crippen molar-refractivity contribution in [2.75, 3.05) is 6.54 Å². The molecule has 0 spiro atoms. The van der Waals surface area contributed by atoms with Gasteiger partial charge in [-0.1, -0.05) is 19.1 Å². The van der Waals surface area contributed by atoms with Crippen LogP contribution in [-0.2, 0) is 0 Å². The first-order valence-electron chi connectivity index (χ1n) is 6.44. The molecule has 1 N–H and O–H groups in total. The van der Waals surface area contributed by atoms with Gasteiger partial charge in [0.2, 0.25) is 0 Å². The van der Waals surface area contributed by atoms with E-state index in [0.29, 0.717) is 6.04 Å². The first kappa shape index (κ1) is 14.0. The Morgan fingerprint density at radius 2 is 1.76 bits per heavy atom. The van der Waals surface area contributed by atoms with E-state index < -0.39 is 0 Å². The Labute approximate surface area is 105 Å². The summed E-state index contributed by atoms with van der Waals surface area (Å²) in [5.41, 5.74) is 1.17. The molecule has 0 saturated heterocycles. The van der Waals surface area contributed by atoms with E-state index >= 15 is 0 Å². The monoisotopic (exact) mass is 235 g/mol. The van der Waals surface area contributed by atoms with E-state index in [-0.39, 0.29) is 5.60 Å². The van der Waals surface area contributed by atoms with E-state index in [9.17, 15) is 0 Å². The summed E-state index contributed by atoms with van der Waals surface area (Å²) in [4.78, 5) is 0. The Kier molecular flexibility index (Phi) is 5.01. The van der Waals surface area contributed by atoms with Crippen LogP contribution in [-0.4, -0.2) is 12.1 Å². The number of ether oxygens (including phenoxy) is 1. The average Bonchev–Trinajstić information content (AvgIpc) is 2.24. The molecule has 1 aromatic rings. The first-order valence-corrected chi connectivity index (χ1v) is 6.44. The predicted octanol–water partition coefficient (Wildman–Crippen LogP) is 3.92. The molecule has 0 amide bonds. The maximum atomic E-state index is 5.80. The van der Waals surface area contributed by atoms with Crippen LogP contribution >= 0.6 is 0 Å². The minimum Gasteiger partial charge on any atom is -0.488 e. The Bertz CT molecular complexity index is 324. The zero-order chi connectivity index (χ0) is 12.9. The van der Waals surface area contributed by atoms with Crippen molar-refractivity contribution in [3.8, 4) is 5.75 Å². The molecule has 0 radical (unpaired) electrons. The number of nitrogens with one attached hydrogen (secondary N) is 1. The van der Waals surface area contributed by atoms with Crippen molar-refractivity contribution >= 4 is 0 Å². The highest BCUT2D eigenvalue weighted by Gasteiger charge is 2.11. The normalized spacial score (nSPS) is 13.5. The topological polar surface area (TPSA) is 21.3 Å². The number of hydrogen-bond donors (Lipinski definition) is 1. The highest BCUT2D eigenvalue weighted by Crippen LogP contribution is 2.21. The molecule has 1 unspecified atom stereocenters. The third kappa shape index (κ3) is 5.22. The van der Waals surface area contributed by atoms with Crippen molar-refractivity contribution in [3.05, 3.63) is 29.8 Å². The van der Waals surface area contributed by atoms with Crippen molar-refractivity contribution in [3.63, 3.8) is 0 Å². The molecule has 1 aromatic carbocycles. The van der Waals surface area contributed by atoms with E-state index in [4.69, 9.17) is 4.74 Å². The van der Waals surface area contributed by atoms with Gasteiger partial charge >= 0.3 is 0 Å². The standard InChI is InChI=1S/C15H25NO/c1-6-11-16-12(2)13-7-9-14(10-8-13)17-15(3,4)5/h7-10,12,16H,6,11H2,1-5H3. The second-order valence-corrected chi connectivity index (χ2v) is 5.46. The molecule has 0 aliphatic rings. The predicted molar refractivity (Wildman–Crippen MR) is 73.5 cm³/mol. The van der Waals surface area contributed by atoms with Gasteiger partial charge in [0.1, 0.15) is 11.4 Å². The molecule has 2 nitrogen and oxygen atoms in total. The molecule has 2 heteroatoms. The second kappa shape index (κ2) is 6.06. The Balaban J connectivity index is 2.61. The summed E-state index contributed by atoms with van der Waals surface area (Å²) in [5.74, 6) is 0.934. The Morgan fingerprint density at radius 3 is 2.24 bits per heavy atom. The average molecular weight is 235 g/mol. The minimum absolute atomic E-state index is 0.131. The van der Waals surface area contributed by atoms with Gasteiger partial charge in [0.25, 0.3) is 0 Å². The molecule has 0 aliphatic heterocycles. The summed E-state index contributed by atoms with van der Waals surface area (Å²) >= 11 is 0. The van der Waals surface area contributed by atoms with Crippen molar-refractivity contribution in [1.29, 1.82) is 0 Å². The molecule has 0 heterocycles. The molecule has 96 valence electrons. The van der Waals surface area contributed by atoms with E-state index in [1.165, 1.54) is 5.56 Å². The molecular formula is C15H25NO. The van der Waals surface area contributed by atoms with Gasteiger partial charge in [-0.2, -0.15) is 0 Å². The molecule has 0 fully saturated rings. The maximum absolute atomic E-state index is 5.80. The summed E-state index contributed by atoms with van der Waals surface area (Å²) in [6.45, 7) is 11.6. The summed E-state index contributed by atoms with van der Waals surface area (Å²) in [6.07, 6.45) is 1.16. The molecule has 0 saturated carbocycles. The zero-order valence-electron chi connectivity index (χ0n) is 11.7. The largest absolute Gasteiger partial charge is 0.488 e. The number of benzene rings is 1. The zero-order valence-corrected chi connectivity index (χ0v) is 11.7. The van der Waals surface area contributed by atoms with E-state index in [1.54, 1.807) is 0 Å². The van der Waals surface area contributed by atoms with E-state index in [2.05, 4.69) is 52.1 Å².